The van der Waals surface area contributed by atoms with Gasteiger partial charge in [-0.2, -0.15) is 5.10 Å². The summed E-state index contributed by atoms with van der Waals surface area (Å²) in [5.74, 6) is 5.67. The molecule has 1 aromatic carbocycles. The Morgan fingerprint density at radius 2 is 2.16 bits per heavy atom. The highest BCUT2D eigenvalue weighted by atomic mass is 16.5. The first-order valence-corrected chi connectivity index (χ1v) is 6.03. The predicted octanol–water partition coefficient (Wildman–Crippen LogP) is 2.11. The van der Waals surface area contributed by atoms with Crippen molar-refractivity contribution in [2.45, 2.75) is 13.5 Å². The number of nitrogens with zero attached hydrogens (tertiary/aromatic N) is 2. The Hall–Kier alpha value is -2.54. The fourth-order valence-electron chi connectivity index (χ4n) is 1.51. The van der Waals surface area contributed by atoms with Gasteiger partial charge in [0.1, 0.15) is 6.54 Å². The number of aromatic nitrogens is 2. The molecule has 1 aromatic heterocycles. The van der Waals surface area contributed by atoms with Gasteiger partial charge in [-0.1, -0.05) is 30.0 Å². The van der Waals surface area contributed by atoms with E-state index in [1.54, 1.807) is 17.8 Å². The third-order valence-electron chi connectivity index (χ3n) is 2.39. The molecule has 0 fully saturated rings. The number of benzene rings is 1. The van der Waals surface area contributed by atoms with Gasteiger partial charge in [0.2, 0.25) is 0 Å². The van der Waals surface area contributed by atoms with Crippen molar-refractivity contribution in [2.24, 2.45) is 0 Å². The molecule has 19 heavy (non-hydrogen) atoms. The molecule has 0 spiro atoms. The van der Waals surface area contributed by atoms with Crippen LogP contribution in [0.25, 0.3) is 0 Å². The van der Waals surface area contributed by atoms with E-state index in [0.29, 0.717) is 18.7 Å². The minimum atomic E-state index is -0.357. The van der Waals surface area contributed by atoms with Gasteiger partial charge in [-0.15, -0.1) is 0 Å². The Labute approximate surface area is 112 Å². The van der Waals surface area contributed by atoms with Crippen LogP contribution in [0.4, 0.5) is 0 Å². The first-order chi connectivity index (χ1) is 9.29. The molecule has 2 rings (SSSR count). The molecule has 96 valence electrons. The lowest BCUT2D eigenvalue weighted by Gasteiger charge is -1.96. The van der Waals surface area contributed by atoms with Crippen molar-refractivity contribution in [3.63, 3.8) is 0 Å². The zero-order valence-electron chi connectivity index (χ0n) is 10.7. The van der Waals surface area contributed by atoms with Crippen molar-refractivity contribution in [1.82, 2.24) is 9.78 Å². The number of rotatable bonds is 3. The van der Waals surface area contributed by atoms with E-state index in [0.717, 1.165) is 5.56 Å². The van der Waals surface area contributed by atoms with E-state index in [2.05, 4.69) is 16.9 Å². The number of carbonyl (C=O) groups excluding carboxylic acids is 1. The van der Waals surface area contributed by atoms with Crippen molar-refractivity contribution in [3.8, 4) is 11.8 Å². The molecule has 2 aromatic rings. The average Bonchev–Trinajstić information content (AvgIpc) is 2.89. The van der Waals surface area contributed by atoms with Crippen LogP contribution in [0.1, 0.15) is 22.8 Å². The molecule has 0 aliphatic carbocycles. The van der Waals surface area contributed by atoms with E-state index in [9.17, 15) is 4.79 Å². The van der Waals surface area contributed by atoms with Crippen LogP contribution < -0.4 is 0 Å². The summed E-state index contributed by atoms with van der Waals surface area (Å²) in [6, 6.07) is 9.72. The Balaban J connectivity index is 1.98. The Morgan fingerprint density at radius 1 is 1.37 bits per heavy atom. The summed E-state index contributed by atoms with van der Waals surface area (Å²) in [5, 5.41) is 4.06. The van der Waals surface area contributed by atoms with Crippen molar-refractivity contribution >= 4 is 5.97 Å². The SMILES string of the molecule is CCOC(=O)c1cnn(CC#Cc2ccccc2)c1. The predicted molar refractivity (Wildman–Crippen MR) is 71.5 cm³/mol. The summed E-state index contributed by atoms with van der Waals surface area (Å²) in [6.07, 6.45) is 3.12. The molecular weight excluding hydrogens is 240 g/mol. The molecule has 1 heterocycles. The minimum Gasteiger partial charge on any atom is -0.462 e. The van der Waals surface area contributed by atoms with Gasteiger partial charge in [-0.3, -0.25) is 4.68 Å². The smallest absolute Gasteiger partial charge is 0.341 e. The second kappa shape index (κ2) is 6.41. The van der Waals surface area contributed by atoms with Gasteiger partial charge in [0.25, 0.3) is 0 Å². The van der Waals surface area contributed by atoms with Gasteiger partial charge in [-0.25, -0.2) is 4.79 Å². The Morgan fingerprint density at radius 3 is 2.89 bits per heavy atom. The van der Waals surface area contributed by atoms with Crippen molar-refractivity contribution in [3.05, 3.63) is 53.9 Å². The van der Waals surface area contributed by atoms with Crippen LogP contribution >= 0.6 is 0 Å². The first kappa shape index (κ1) is 12.9. The van der Waals surface area contributed by atoms with Crippen molar-refractivity contribution < 1.29 is 9.53 Å². The van der Waals surface area contributed by atoms with Gasteiger partial charge >= 0.3 is 5.97 Å². The number of ether oxygens (including phenoxy) is 1. The number of carbonyl (C=O) groups is 1. The molecule has 0 aliphatic rings. The lowest BCUT2D eigenvalue weighted by atomic mass is 10.2. The molecule has 0 saturated carbocycles. The average molecular weight is 254 g/mol. The summed E-state index contributed by atoms with van der Waals surface area (Å²) in [7, 11) is 0. The molecule has 4 heteroatoms. The maximum absolute atomic E-state index is 11.4. The Kier molecular flexibility index (Phi) is 4.35. The van der Waals surface area contributed by atoms with Gasteiger partial charge in [0.15, 0.2) is 0 Å². The second-order valence-electron chi connectivity index (χ2n) is 3.81. The summed E-state index contributed by atoms with van der Waals surface area (Å²) in [6.45, 7) is 2.57. The molecule has 0 bridgehead atoms. The molecule has 0 N–H and O–H groups in total. The van der Waals surface area contributed by atoms with Crippen LogP contribution in [0, 0.1) is 11.8 Å². The first-order valence-electron chi connectivity index (χ1n) is 6.03. The maximum atomic E-state index is 11.4. The van der Waals surface area contributed by atoms with Crippen molar-refractivity contribution in [2.75, 3.05) is 6.61 Å². The molecule has 0 aliphatic heterocycles. The number of hydrogen-bond acceptors (Lipinski definition) is 3. The molecule has 0 unspecified atom stereocenters. The zero-order valence-corrected chi connectivity index (χ0v) is 10.7. The van der Waals surface area contributed by atoms with Crippen LogP contribution in [0.3, 0.4) is 0 Å². The highest BCUT2D eigenvalue weighted by Gasteiger charge is 2.08. The largest absolute Gasteiger partial charge is 0.462 e. The van der Waals surface area contributed by atoms with Crippen LogP contribution in [0.5, 0.6) is 0 Å². The molecule has 0 radical (unpaired) electrons. The summed E-state index contributed by atoms with van der Waals surface area (Å²) >= 11 is 0. The van der Waals surface area contributed by atoms with Gasteiger partial charge in [0, 0.05) is 11.8 Å². The van der Waals surface area contributed by atoms with E-state index in [1.807, 2.05) is 30.3 Å². The minimum absolute atomic E-state index is 0.357. The normalized spacial score (nSPS) is 9.53. The molecular formula is C15H14N2O2. The fourth-order valence-corrected chi connectivity index (χ4v) is 1.51. The van der Waals surface area contributed by atoms with Crippen LogP contribution in [-0.2, 0) is 11.3 Å². The highest BCUT2D eigenvalue weighted by Crippen LogP contribution is 2.00. The third kappa shape index (κ3) is 3.71. The maximum Gasteiger partial charge on any atom is 0.341 e. The van der Waals surface area contributed by atoms with Crippen LogP contribution in [0.15, 0.2) is 42.7 Å². The second-order valence-corrected chi connectivity index (χ2v) is 3.81. The quantitative estimate of drug-likeness (QED) is 0.622. The fraction of sp³-hybridized carbons (Fsp3) is 0.200. The monoisotopic (exact) mass is 254 g/mol. The van der Waals surface area contributed by atoms with E-state index in [-0.39, 0.29) is 5.97 Å². The van der Waals surface area contributed by atoms with Crippen LogP contribution in [0.2, 0.25) is 0 Å². The summed E-state index contributed by atoms with van der Waals surface area (Å²) in [5.41, 5.74) is 1.41. The summed E-state index contributed by atoms with van der Waals surface area (Å²) < 4.78 is 6.50. The van der Waals surface area contributed by atoms with Gasteiger partial charge in [0.05, 0.1) is 18.4 Å². The van der Waals surface area contributed by atoms with E-state index < -0.39 is 0 Å². The lowest BCUT2D eigenvalue weighted by Crippen LogP contribution is -2.03. The standard InChI is InChI=1S/C15H14N2O2/c1-2-19-15(18)14-11-16-17(12-14)10-6-9-13-7-4-3-5-8-13/h3-5,7-8,11-12H,2,10H2,1H3. The number of esters is 1. The molecule has 0 saturated heterocycles. The van der Waals surface area contributed by atoms with E-state index in [1.165, 1.54) is 6.20 Å². The molecule has 4 nitrogen and oxygen atoms in total. The van der Waals surface area contributed by atoms with Crippen molar-refractivity contribution in [1.29, 1.82) is 0 Å². The van der Waals surface area contributed by atoms with Gasteiger partial charge in [-0.05, 0) is 19.1 Å². The topological polar surface area (TPSA) is 44.1 Å². The molecule has 0 atom stereocenters. The molecule has 0 amide bonds. The third-order valence-corrected chi connectivity index (χ3v) is 2.39. The summed E-state index contributed by atoms with van der Waals surface area (Å²) in [4.78, 5) is 11.4. The highest BCUT2D eigenvalue weighted by molar-refractivity contribution is 5.88. The number of hydrogen-bond donors (Lipinski definition) is 0. The Bertz CT molecular complexity index is 606. The van der Waals surface area contributed by atoms with Crippen LogP contribution in [-0.4, -0.2) is 22.4 Å². The lowest BCUT2D eigenvalue weighted by molar-refractivity contribution is 0.0526. The zero-order chi connectivity index (χ0) is 13.5. The van der Waals surface area contributed by atoms with E-state index in [4.69, 9.17) is 4.74 Å². The van der Waals surface area contributed by atoms with Gasteiger partial charge < -0.3 is 4.74 Å². The van der Waals surface area contributed by atoms with E-state index >= 15 is 0 Å².